The van der Waals surface area contributed by atoms with Crippen molar-refractivity contribution < 1.29 is 14.3 Å². The largest absolute Gasteiger partial charge is 0.454 e. The van der Waals surface area contributed by atoms with Crippen molar-refractivity contribution in [2.45, 2.75) is 0 Å². The number of anilines is 1. The quantitative estimate of drug-likeness (QED) is 0.489. The molecule has 9 heteroatoms. The molecule has 0 saturated heterocycles. The molecule has 0 fully saturated rings. The van der Waals surface area contributed by atoms with Gasteiger partial charge in [0.15, 0.2) is 11.5 Å². The molecule has 1 aliphatic heterocycles. The number of rotatable bonds is 5. The molecule has 0 aliphatic carbocycles. The number of benzene rings is 2. The van der Waals surface area contributed by atoms with Crippen LogP contribution in [0.3, 0.4) is 0 Å². The lowest BCUT2D eigenvalue weighted by molar-refractivity contribution is -0.119. The Morgan fingerprint density at radius 3 is 2.68 bits per heavy atom. The fourth-order valence-corrected chi connectivity index (χ4v) is 4.04. The number of nitrogens with one attached hydrogen (secondary N) is 2. The van der Waals surface area contributed by atoms with Crippen LogP contribution in [0.15, 0.2) is 44.4 Å². The van der Waals surface area contributed by atoms with E-state index in [0.717, 1.165) is 20.2 Å². The first-order valence-corrected chi connectivity index (χ1v) is 9.09. The predicted molar refractivity (Wildman–Crippen MR) is 104 cm³/mol. The van der Waals surface area contributed by atoms with Crippen LogP contribution in [0.25, 0.3) is 0 Å². The summed E-state index contributed by atoms with van der Waals surface area (Å²) in [5, 5.41) is 7.53. The topological polar surface area (TPSA) is 72.0 Å². The zero-order valence-electron chi connectivity index (χ0n) is 12.7. The lowest BCUT2D eigenvalue weighted by atomic mass is 10.2. The Morgan fingerprint density at radius 1 is 1.20 bits per heavy atom. The van der Waals surface area contributed by atoms with E-state index in [1.54, 1.807) is 24.3 Å². The van der Waals surface area contributed by atoms with Gasteiger partial charge in [0.25, 0.3) is 5.91 Å². The first kappa shape index (κ1) is 18.0. The number of ether oxygens (including phenoxy) is 2. The third-order valence-corrected chi connectivity index (χ3v) is 4.70. The fraction of sp³-hybridized carbons (Fsp3) is 0.125. The summed E-state index contributed by atoms with van der Waals surface area (Å²) in [6.07, 6.45) is 1.54. The molecule has 0 bridgehead atoms. The summed E-state index contributed by atoms with van der Waals surface area (Å²) in [4.78, 5) is 11.9. The van der Waals surface area contributed by atoms with Gasteiger partial charge in [-0.15, -0.1) is 0 Å². The number of carbonyl (C=O) groups is 1. The first-order chi connectivity index (χ1) is 12.0. The van der Waals surface area contributed by atoms with Crippen molar-refractivity contribution in [3.8, 4) is 11.5 Å². The zero-order valence-corrected chi connectivity index (χ0v) is 16.6. The number of fused-ring (bicyclic) bond motifs is 1. The highest BCUT2D eigenvalue weighted by Gasteiger charge is 2.12. The Kier molecular flexibility index (Phi) is 5.82. The average Bonchev–Trinajstić information content (AvgIpc) is 3.01. The van der Waals surface area contributed by atoms with E-state index in [0.29, 0.717) is 16.5 Å². The van der Waals surface area contributed by atoms with E-state index in [-0.39, 0.29) is 19.2 Å². The highest BCUT2D eigenvalue weighted by Crippen LogP contribution is 2.34. The molecule has 2 aromatic carbocycles. The van der Waals surface area contributed by atoms with Gasteiger partial charge < -0.3 is 14.8 Å². The van der Waals surface area contributed by atoms with Crippen LogP contribution < -0.4 is 20.2 Å². The van der Waals surface area contributed by atoms with Gasteiger partial charge in [0.2, 0.25) is 6.79 Å². The smallest absolute Gasteiger partial charge is 0.259 e. The number of amides is 1. The van der Waals surface area contributed by atoms with Crippen LogP contribution >= 0.6 is 43.5 Å². The van der Waals surface area contributed by atoms with Gasteiger partial charge in [0, 0.05) is 14.0 Å². The van der Waals surface area contributed by atoms with Crippen molar-refractivity contribution in [2.24, 2.45) is 5.10 Å². The van der Waals surface area contributed by atoms with Crippen LogP contribution in [-0.4, -0.2) is 25.5 Å². The third kappa shape index (κ3) is 4.65. The third-order valence-electron chi connectivity index (χ3n) is 3.23. The molecular formula is C16H12Br2ClN3O3. The summed E-state index contributed by atoms with van der Waals surface area (Å²) in [5.74, 6) is 1.07. The fourth-order valence-electron chi connectivity index (χ4n) is 2.09. The van der Waals surface area contributed by atoms with Gasteiger partial charge >= 0.3 is 0 Å². The molecule has 3 rings (SSSR count). The zero-order chi connectivity index (χ0) is 17.8. The van der Waals surface area contributed by atoms with E-state index in [2.05, 4.69) is 47.7 Å². The summed E-state index contributed by atoms with van der Waals surface area (Å²) < 4.78 is 12.0. The van der Waals surface area contributed by atoms with Crippen LogP contribution in [0, 0.1) is 0 Å². The van der Waals surface area contributed by atoms with Crippen LogP contribution in [0.2, 0.25) is 5.02 Å². The van der Waals surface area contributed by atoms with Crippen molar-refractivity contribution in [2.75, 3.05) is 18.7 Å². The molecule has 0 aromatic heterocycles. The molecule has 6 nitrogen and oxygen atoms in total. The Balaban J connectivity index is 1.53. The lowest BCUT2D eigenvalue weighted by Gasteiger charge is -2.10. The number of hydrogen-bond acceptors (Lipinski definition) is 5. The van der Waals surface area contributed by atoms with Gasteiger partial charge in [0.1, 0.15) is 0 Å². The molecule has 1 amide bonds. The van der Waals surface area contributed by atoms with Crippen molar-refractivity contribution in [1.82, 2.24) is 5.43 Å². The van der Waals surface area contributed by atoms with Crippen LogP contribution in [0.1, 0.15) is 5.56 Å². The van der Waals surface area contributed by atoms with E-state index in [1.165, 1.54) is 6.21 Å². The molecule has 1 heterocycles. The summed E-state index contributed by atoms with van der Waals surface area (Å²) in [6, 6.07) is 8.89. The maximum absolute atomic E-state index is 11.9. The number of hydrazone groups is 1. The van der Waals surface area contributed by atoms with Gasteiger partial charge in [-0.3, -0.25) is 4.79 Å². The number of carbonyl (C=O) groups excluding carboxylic acids is 1. The molecule has 0 radical (unpaired) electrons. The molecular weight excluding hydrogens is 477 g/mol. The predicted octanol–water partition coefficient (Wildman–Crippen LogP) is 4.16. The lowest BCUT2D eigenvalue weighted by Crippen LogP contribution is -2.26. The Bertz CT molecular complexity index is 822. The van der Waals surface area contributed by atoms with Crippen molar-refractivity contribution in [1.29, 1.82) is 0 Å². The molecule has 2 aromatic rings. The normalized spacial score (nSPS) is 12.4. The van der Waals surface area contributed by atoms with Gasteiger partial charge in [-0.05, 0) is 67.8 Å². The second-order valence-electron chi connectivity index (χ2n) is 5.00. The SMILES string of the molecule is O=C(CNc1c(Br)cc(Cl)cc1Br)N/N=C\c1ccc2c(c1)OCO2. The molecule has 0 saturated carbocycles. The monoisotopic (exact) mass is 487 g/mol. The van der Waals surface area contributed by atoms with Crippen molar-refractivity contribution >= 4 is 61.3 Å². The number of hydrogen-bond donors (Lipinski definition) is 2. The minimum atomic E-state index is -0.286. The van der Waals surface area contributed by atoms with E-state index in [9.17, 15) is 4.79 Å². The van der Waals surface area contributed by atoms with Gasteiger partial charge in [0.05, 0.1) is 18.4 Å². The first-order valence-electron chi connectivity index (χ1n) is 7.13. The molecule has 130 valence electrons. The standard InChI is InChI=1S/C16H12Br2ClN3O3/c17-11-4-10(19)5-12(18)16(11)20-7-15(23)22-21-6-9-1-2-13-14(3-9)25-8-24-13/h1-6,20H,7-8H2,(H,22,23)/b21-6-. The van der Waals surface area contributed by atoms with E-state index in [4.69, 9.17) is 21.1 Å². The van der Waals surface area contributed by atoms with E-state index in [1.807, 2.05) is 6.07 Å². The van der Waals surface area contributed by atoms with Crippen molar-refractivity contribution in [3.05, 3.63) is 49.9 Å². The summed E-state index contributed by atoms with van der Waals surface area (Å²) in [7, 11) is 0. The van der Waals surface area contributed by atoms with Gasteiger partial charge in [-0.25, -0.2) is 5.43 Å². The summed E-state index contributed by atoms with van der Waals surface area (Å²) in [5.41, 5.74) is 3.99. The van der Waals surface area contributed by atoms with Crippen molar-refractivity contribution in [3.63, 3.8) is 0 Å². The van der Waals surface area contributed by atoms with E-state index >= 15 is 0 Å². The highest BCUT2D eigenvalue weighted by molar-refractivity contribution is 9.11. The second kappa shape index (κ2) is 8.07. The molecule has 0 unspecified atom stereocenters. The summed E-state index contributed by atoms with van der Waals surface area (Å²) in [6.45, 7) is 0.269. The minimum absolute atomic E-state index is 0.0529. The molecule has 25 heavy (non-hydrogen) atoms. The highest BCUT2D eigenvalue weighted by atomic mass is 79.9. The molecule has 0 atom stereocenters. The van der Waals surface area contributed by atoms with Gasteiger partial charge in [-0.2, -0.15) is 5.10 Å². The Labute approximate surface area is 165 Å². The van der Waals surface area contributed by atoms with Gasteiger partial charge in [-0.1, -0.05) is 11.6 Å². The maximum atomic E-state index is 11.9. The van der Waals surface area contributed by atoms with Crippen LogP contribution in [0.5, 0.6) is 11.5 Å². The number of nitrogens with zero attached hydrogens (tertiary/aromatic N) is 1. The second-order valence-corrected chi connectivity index (χ2v) is 7.15. The minimum Gasteiger partial charge on any atom is -0.454 e. The Morgan fingerprint density at radius 2 is 1.92 bits per heavy atom. The molecule has 1 aliphatic rings. The maximum Gasteiger partial charge on any atom is 0.259 e. The molecule has 0 spiro atoms. The molecule has 2 N–H and O–H groups in total. The van der Waals surface area contributed by atoms with Crippen LogP contribution in [-0.2, 0) is 4.79 Å². The van der Waals surface area contributed by atoms with E-state index < -0.39 is 0 Å². The summed E-state index contributed by atoms with van der Waals surface area (Å²) >= 11 is 12.7. The number of halogens is 3. The Hall–Kier alpha value is -1.77. The van der Waals surface area contributed by atoms with Crippen LogP contribution in [0.4, 0.5) is 5.69 Å². The average molecular weight is 490 g/mol.